The number of carbonyl (C=O) groups excluding carboxylic acids is 1. The van der Waals surface area contributed by atoms with Gasteiger partial charge in [0.15, 0.2) is 0 Å². The molecule has 14 heavy (non-hydrogen) atoms. The largest absolute Gasteiger partial charge is 0.368 e. The summed E-state index contributed by atoms with van der Waals surface area (Å²) in [5, 5.41) is 0. The Kier molecular flexibility index (Phi) is 4.95. The third-order valence-electron chi connectivity index (χ3n) is 1.94. The van der Waals surface area contributed by atoms with Crippen molar-refractivity contribution in [3.63, 3.8) is 0 Å². The molecule has 0 aromatic carbocycles. The van der Waals surface area contributed by atoms with E-state index in [4.69, 9.17) is 11.5 Å². The van der Waals surface area contributed by atoms with Crippen molar-refractivity contribution in [1.82, 2.24) is 0 Å². The number of hydrogen-bond donors (Lipinski definition) is 2. The maximum atomic E-state index is 10.9. The monoisotopic (exact) mass is 218 g/mol. The molecule has 0 aliphatic heterocycles. The van der Waals surface area contributed by atoms with Crippen molar-refractivity contribution in [2.75, 3.05) is 5.75 Å². The average Bonchev–Trinajstić information content (AvgIpc) is 1.96. The summed E-state index contributed by atoms with van der Waals surface area (Å²) in [6.45, 7) is 8.21. The van der Waals surface area contributed by atoms with E-state index >= 15 is 0 Å². The number of nitrogens with two attached hydrogens (primary N) is 2. The highest BCUT2D eigenvalue weighted by atomic mass is 32.2. The molecule has 0 spiro atoms. The predicted octanol–water partition coefficient (Wildman–Crippen LogP) is 1.50. The van der Waals surface area contributed by atoms with Crippen molar-refractivity contribution in [2.45, 2.75) is 50.8 Å². The van der Waals surface area contributed by atoms with Gasteiger partial charge in [0.25, 0.3) is 0 Å². The maximum Gasteiger partial charge on any atom is 0.237 e. The van der Waals surface area contributed by atoms with Crippen LogP contribution in [0.15, 0.2) is 0 Å². The zero-order chi connectivity index (χ0) is 11.4. The molecule has 0 aliphatic rings. The van der Waals surface area contributed by atoms with Crippen molar-refractivity contribution in [3.8, 4) is 0 Å². The van der Waals surface area contributed by atoms with E-state index in [0.29, 0.717) is 6.42 Å². The summed E-state index contributed by atoms with van der Waals surface area (Å²) >= 11 is 1.88. The van der Waals surface area contributed by atoms with Gasteiger partial charge < -0.3 is 11.5 Å². The summed E-state index contributed by atoms with van der Waals surface area (Å²) in [5.41, 5.74) is 10.0. The standard InChI is InChI=1S/C10H22N2OS/c1-9(2,3)14-7-5-6-10(4,12)8(11)13/h5-7,12H2,1-4H3,(H2,11,13). The molecule has 0 saturated heterocycles. The molecule has 3 nitrogen and oxygen atoms in total. The molecule has 0 aliphatic carbocycles. The Morgan fingerprint density at radius 1 is 1.29 bits per heavy atom. The topological polar surface area (TPSA) is 69.1 Å². The van der Waals surface area contributed by atoms with Gasteiger partial charge in [0, 0.05) is 4.75 Å². The van der Waals surface area contributed by atoms with E-state index in [2.05, 4.69) is 20.8 Å². The first-order valence-electron chi connectivity index (χ1n) is 4.88. The first kappa shape index (κ1) is 13.8. The fourth-order valence-corrected chi connectivity index (χ4v) is 1.84. The van der Waals surface area contributed by atoms with Gasteiger partial charge in [-0.25, -0.2) is 0 Å². The van der Waals surface area contributed by atoms with E-state index in [1.165, 1.54) is 0 Å². The first-order valence-corrected chi connectivity index (χ1v) is 5.86. The van der Waals surface area contributed by atoms with Gasteiger partial charge in [-0.3, -0.25) is 4.79 Å². The lowest BCUT2D eigenvalue weighted by Crippen LogP contribution is -2.49. The quantitative estimate of drug-likeness (QED) is 0.687. The van der Waals surface area contributed by atoms with Gasteiger partial charge in [-0.05, 0) is 25.5 Å². The van der Waals surface area contributed by atoms with Crippen LogP contribution in [0.2, 0.25) is 0 Å². The molecule has 1 atom stereocenters. The van der Waals surface area contributed by atoms with Crippen molar-refractivity contribution in [1.29, 1.82) is 0 Å². The van der Waals surface area contributed by atoms with Gasteiger partial charge in [-0.15, -0.1) is 0 Å². The van der Waals surface area contributed by atoms with E-state index in [1.54, 1.807) is 6.92 Å². The Labute approximate surface area is 91.0 Å². The van der Waals surface area contributed by atoms with Crippen LogP contribution in [0.3, 0.4) is 0 Å². The number of rotatable bonds is 5. The van der Waals surface area contributed by atoms with Crippen molar-refractivity contribution in [2.24, 2.45) is 11.5 Å². The molecule has 0 bridgehead atoms. The van der Waals surface area contributed by atoms with Crippen LogP contribution in [0.25, 0.3) is 0 Å². The SMILES string of the molecule is CC(C)(C)SCCCC(C)(N)C(N)=O. The van der Waals surface area contributed by atoms with Gasteiger partial charge >= 0.3 is 0 Å². The Bertz CT molecular complexity index is 197. The lowest BCUT2D eigenvalue weighted by atomic mass is 9.97. The van der Waals surface area contributed by atoms with Crippen LogP contribution in [0.5, 0.6) is 0 Å². The lowest BCUT2D eigenvalue weighted by molar-refractivity contribution is -0.122. The molecule has 4 heteroatoms. The highest BCUT2D eigenvalue weighted by Crippen LogP contribution is 2.24. The van der Waals surface area contributed by atoms with Crippen LogP contribution in [-0.2, 0) is 4.79 Å². The molecule has 0 heterocycles. The zero-order valence-electron chi connectivity index (χ0n) is 9.59. The molecule has 84 valence electrons. The summed E-state index contributed by atoms with van der Waals surface area (Å²) in [6.07, 6.45) is 1.59. The normalized spacial score (nSPS) is 16.4. The first-order chi connectivity index (χ1) is 6.15. The molecule has 0 rings (SSSR count). The molecular formula is C10H22N2OS. The molecule has 0 aromatic rings. The Hall–Kier alpha value is -0.220. The summed E-state index contributed by atoms with van der Waals surface area (Å²) in [7, 11) is 0. The maximum absolute atomic E-state index is 10.9. The van der Waals surface area contributed by atoms with Crippen LogP contribution >= 0.6 is 11.8 Å². The van der Waals surface area contributed by atoms with Gasteiger partial charge in [0.1, 0.15) is 0 Å². The van der Waals surface area contributed by atoms with E-state index in [-0.39, 0.29) is 4.75 Å². The minimum atomic E-state index is -0.849. The van der Waals surface area contributed by atoms with Crippen molar-refractivity contribution in [3.05, 3.63) is 0 Å². The number of primary amides is 1. The third kappa shape index (κ3) is 6.27. The van der Waals surface area contributed by atoms with E-state index in [1.807, 2.05) is 11.8 Å². The second kappa shape index (κ2) is 5.03. The number of carbonyl (C=O) groups is 1. The van der Waals surface area contributed by atoms with Gasteiger partial charge in [0.05, 0.1) is 5.54 Å². The highest BCUT2D eigenvalue weighted by molar-refractivity contribution is 8.00. The van der Waals surface area contributed by atoms with Crippen molar-refractivity contribution < 1.29 is 4.79 Å². The van der Waals surface area contributed by atoms with Crippen LogP contribution in [0.4, 0.5) is 0 Å². The molecular weight excluding hydrogens is 196 g/mol. The van der Waals surface area contributed by atoms with Gasteiger partial charge in [-0.2, -0.15) is 11.8 Å². The Morgan fingerprint density at radius 3 is 2.14 bits per heavy atom. The second-order valence-electron chi connectivity index (χ2n) is 4.85. The number of thioether (sulfide) groups is 1. The minimum absolute atomic E-state index is 0.276. The van der Waals surface area contributed by atoms with Crippen LogP contribution in [0, 0.1) is 0 Å². The summed E-state index contributed by atoms with van der Waals surface area (Å²) in [6, 6.07) is 0. The highest BCUT2D eigenvalue weighted by Gasteiger charge is 2.24. The van der Waals surface area contributed by atoms with Crippen LogP contribution in [0.1, 0.15) is 40.5 Å². The average molecular weight is 218 g/mol. The summed E-state index contributed by atoms with van der Waals surface area (Å²) in [5.74, 6) is 0.599. The molecule has 0 radical (unpaired) electrons. The predicted molar refractivity (Wildman–Crippen MR) is 63.2 cm³/mol. The van der Waals surface area contributed by atoms with Crippen LogP contribution in [-0.4, -0.2) is 21.9 Å². The zero-order valence-corrected chi connectivity index (χ0v) is 10.4. The smallest absolute Gasteiger partial charge is 0.237 e. The van der Waals surface area contributed by atoms with Gasteiger partial charge in [0.2, 0.25) is 5.91 Å². The lowest BCUT2D eigenvalue weighted by Gasteiger charge is -2.22. The van der Waals surface area contributed by atoms with Gasteiger partial charge in [-0.1, -0.05) is 20.8 Å². The molecule has 1 unspecified atom stereocenters. The van der Waals surface area contributed by atoms with E-state index in [9.17, 15) is 4.79 Å². The molecule has 4 N–H and O–H groups in total. The Balaban J connectivity index is 3.70. The molecule has 0 aromatic heterocycles. The second-order valence-corrected chi connectivity index (χ2v) is 6.77. The fourth-order valence-electron chi connectivity index (χ4n) is 0.941. The molecule has 0 saturated carbocycles. The van der Waals surface area contributed by atoms with Crippen molar-refractivity contribution >= 4 is 17.7 Å². The van der Waals surface area contributed by atoms with E-state index in [0.717, 1.165) is 12.2 Å². The molecule has 1 amide bonds. The fraction of sp³-hybridized carbons (Fsp3) is 0.900. The molecule has 0 fully saturated rings. The third-order valence-corrected chi connectivity index (χ3v) is 3.30. The number of hydrogen-bond acceptors (Lipinski definition) is 3. The minimum Gasteiger partial charge on any atom is -0.368 e. The summed E-state index contributed by atoms with van der Waals surface area (Å²) in [4.78, 5) is 10.9. The van der Waals surface area contributed by atoms with E-state index < -0.39 is 11.4 Å². The number of amides is 1. The van der Waals surface area contributed by atoms with Crippen LogP contribution < -0.4 is 11.5 Å². The summed E-state index contributed by atoms with van der Waals surface area (Å²) < 4.78 is 0.276. The Morgan fingerprint density at radius 2 is 1.79 bits per heavy atom.